The van der Waals surface area contributed by atoms with Crippen molar-refractivity contribution in [2.75, 3.05) is 17.2 Å². The van der Waals surface area contributed by atoms with Crippen molar-refractivity contribution in [2.24, 2.45) is 0 Å². The summed E-state index contributed by atoms with van der Waals surface area (Å²) < 4.78 is 5.45. The van der Waals surface area contributed by atoms with Crippen LogP contribution in [0, 0.1) is 0 Å². The van der Waals surface area contributed by atoms with Gasteiger partial charge >= 0.3 is 5.97 Å². The first-order valence-electron chi connectivity index (χ1n) is 10.3. The number of anilines is 2. The third-order valence-electron chi connectivity index (χ3n) is 4.38. The third-order valence-corrected chi connectivity index (χ3v) is 6.25. The molecule has 0 aliphatic rings. The number of aromatic nitrogens is 1. The number of carboxylic acid groups (broad SMARTS) is 1. The van der Waals surface area contributed by atoms with Crippen molar-refractivity contribution in [1.29, 1.82) is 0 Å². The number of nitrogens with zero attached hydrogens (tertiary/aromatic N) is 1. The zero-order chi connectivity index (χ0) is 24.5. The Labute approximate surface area is 205 Å². The molecule has 0 bridgehead atoms. The lowest BCUT2D eigenvalue weighted by molar-refractivity contribution is -0.131. The number of carboxylic acids is 1. The summed E-state index contributed by atoms with van der Waals surface area (Å²) in [6.45, 7) is 4.34. The minimum atomic E-state index is -1.20. The fourth-order valence-corrected chi connectivity index (χ4v) is 4.35. The summed E-state index contributed by atoms with van der Waals surface area (Å²) in [4.78, 5) is 40.1. The van der Waals surface area contributed by atoms with Gasteiger partial charge in [-0.05, 0) is 62.4 Å². The van der Waals surface area contributed by atoms with Gasteiger partial charge in [0, 0.05) is 33.7 Å². The zero-order valence-electron chi connectivity index (χ0n) is 18.5. The SMILES string of the molecule is CCOc1ccc(-c2csc(NC(=O)C(C)Sc3ccc(NC(=O)/C=C/C(=O)O)cc3)n2)cc1. The van der Waals surface area contributed by atoms with Crippen LogP contribution in [-0.4, -0.2) is 39.7 Å². The molecule has 3 aromatic rings. The Hall–Kier alpha value is -3.63. The van der Waals surface area contributed by atoms with Gasteiger partial charge in [0.1, 0.15) is 5.75 Å². The number of hydrogen-bond donors (Lipinski definition) is 3. The van der Waals surface area contributed by atoms with Crippen molar-refractivity contribution in [1.82, 2.24) is 4.98 Å². The summed E-state index contributed by atoms with van der Waals surface area (Å²) in [5.41, 5.74) is 2.24. The average molecular weight is 498 g/mol. The number of carbonyl (C=O) groups is 3. The second-order valence-corrected chi connectivity index (χ2v) is 9.20. The predicted octanol–water partition coefficient (Wildman–Crippen LogP) is 4.91. The molecule has 34 heavy (non-hydrogen) atoms. The van der Waals surface area contributed by atoms with Crippen LogP contribution in [0.3, 0.4) is 0 Å². The highest BCUT2D eigenvalue weighted by Gasteiger charge is 2.16. The van der Waals surface area contributed by atoms with E-state index in [4.69, 9.17) is 9.84 Å². The number of thiazole rings is 1. The highest BCUT2D eigenvalue weighted by Crippen LogP contribution is 2.29. The summed E-state index contributed by atoms with van der Waals surface area (Å²) in [5, 5.41) is 16.0. The lowest BCUT2D eigenvalue weighted by atomic mass is 10.2. The summed E-state index contributed by atoms with van der Waals surface area (Å²) in [5.74, 6) is -1.11. The molecular weight excluding hydrogens is 474 g/mol. The van der Waals surface area contributed by atoms with Crippen LogP contribution in [0.5, 0.6) is 5.75 Å². The normalized spacial score (nSPS) is 11.7. The fraction of sp³-hybridized carbons (Fsp3) is 0.167. The Morgan fingerprint density at radius 2 is 1.79 bits per heavy atom. The van der Waals surface area contributed by atoms with Gasteiger partial charge in [-0.15, -0.1) is 23.1 Å². The number of hydrogen-bond acceptors (Lipinski definition) is 7. The van der Waals surface area contributed by atoms with Gasteiger partial charge in [0.05, 0.1) is 17.6 Å². The molecule has 8 nitrogen and oxygen atoms in total. The first-order valence-corrected chi connectivity index (χ1v) is 12.1. The van der Waals surface area contributed by atoms with Crippen molar-refractivity contribution in [2.45, 2.75) is 24.0 Å². The number of amides is 2. The van der Waals surface area contributed by atoms with E-state index < -0.39 is 11.9 Å². The summed E-state index contributed by atoms with van der Waals surface area (Å²) in [6, 6.07) is 14.6. The van der Waals surface area contributed by atoms with E-state index in [1.807, 2.05) is 36.6 Å². The van der Waals surface area contributed by atoms with Gasteiger partial charge < -0.3 is 20.5 Å². The highest BCUT2D eigenvalue weighted by molar-refractivity contribution is 8.00. The molecule has 0 aliphatic carbocycles. The van der Waals surface area contributed by atoms with Crippen LogP contribution in [0.15, 0.2) is 71.0 Å². The molecule has 1 heterocycles. The molecule has 2 amide bonds. The Morgan fingerprint density at radius 1 is 1.09 bits per heavy atom. The van der Waals surface area contributed by atoms with E-state index in [9.17, 15) is 14.4 Å². The molecule has 1 unspecified atom stereocenters. The number of benzene rings is 2. The maximum absolute atomic E-state index is 12.6. The molecule has 0 fully saturated rings. The van der Waals surface area contributed by atoms with E-state index >= 15 is 0 Å². The molecule has 3 rings (SSSR count). The predicted molar refractivity (Wildman–Crippen MR) is 135 cm³/mol. The van der Waals surface area contributed by atoms with Crippen LogP contribution in [0.25, 0.3) is 11.3 Å². The van der Waals surface area contributed by atoms with Crippen LogP contribution in [0.2, 0.25) is 0 Å². The number of aliphatic carboxylic acids is 1. The van der Waals surface area contributed by atoms with E-state index in [2.05, 4.69) is 15.6 Å². The number of rotatable bonds is 10. The maximum Gasteiger partial charge on any atom is 0.328 e. The lowest BCUT2D eigenvalue weighted by Crippen LogP contribution is -2.22. The van der Waals surface area contributed by atoms with Gasteiger partial charge in [0.15, 0.2) is 5.13 Å². The van der Waals surface area contributed by atoms with E-state index in [0.717, 1.165) is 34.1 Å². The molecule has 10 heteroatoms. The molecule has 0 spiro atoms. The number of ether oxygens (including phenoxy) is 1. The van der Waals surface area contributed by atoms with Crippen molar-refractivity contribution in [3.05, 3.63) is 66.1 Å². The first kappa shape index (κ1) is 25.0. The third kappa shape index (κ3) is 7.46. The van der Waals surface area contributed by atoms with E-state index in [1.54, 1.807) is 31.2 Å². The van der Waals surface area contributed by atoms with E-state index in [-0.39, 0.29) is 11.2 Å². The summed E-state index contributed by atoms with van der Waals surface area (Å²) in [7, 11) is 0. The van der Waals surface area contributed by atoms with Crippen LogP contribution in [-0.2, 0) is 14.4 Å². The van der Waals surface area contributed by atoms with E-state index in [0.29, 0.717) is 17.4 Å². The molecule has 0 saturated carbocycles. The molecule has 176 valence electrons. The fourth-order valence-electron chi connectivity index (χ4n) is 2.76. The molecule has 0 aliphatic heterocycles. The minimum Gasteiger partial charge on any atom is -0.494 e. The summed E-state index contributed by atoms with van der Waals surface area (Å²) in [6.07, 6.45) is 1.71. The van der Waals surface area contributed by atoms with Crippen molar-refractivity contribution >= 4 is 51.7 Å². The Bertz CT molecular complexity index is 1170. The monoisotopic (exact) mass is 497 g/mol. The number of carbonyl (C=O) groups excluding carboxylic acids is 2. The molecule has 2 aromatic carbocycles. The van der Waals surface area contributed by atoms with Crippen molar-refractivity contribution in [3.8, 4) is 17.0 Å². The van der Waals surface area contributed by atoms with Crippen LogP contribution < -0.4 is 15.4 Å². The van der Waals surface area contributed by atoms with Gasteiger partial charge in [0.2, 0.25) is 11.8 Å². The van der Waals surface area contributed by atoms with Gasteiger partial charge in [0.25, 0.3) is 0 Å². The molecule has 0 saturated heterocycles. The second-order valence-electron chi connectivity index (χ2n) is 6.93. The van der Waals surface area contributed by atoms with Gasteiger partial charge in [-0.25, -0.2) is 9.78 Å². The molecular formula is C24H23N3O5S2. The molecule has 1 atom stereocenters. The number of nitrogens with one attached hydrogen (secondary N) is 2. The maximum atomic E-state index is 12.6. The van der Waals surface area contributed by atoms with Crippen LogP contribution in [0.4, 0.5) is 10.8 Å². The molecule has 3 N–H and O–H groups in total. The van der Waals surface area contributed by atoms with Crippen LogP contribution in [0.1, 0.15) is 13.8 Å². The van der Waals surface area contributed by atoms with Gasteiger partial charge in [-0.3, -0.25) is 9.59 Å². The Morgan fingerprint density at radius 3 is 2.44 bits per heavy atom. The quantitative estimate of drug-likeness (QED) is 0.269. The van der Waals surface area contributed by atoms with Gasteiger partial charge in [-0.1, -0.05) is 0 Å². The molecule has 0 radical (unpaired) electrons. The largest absolute Gasteiger partial charge is 0.494 e. The topological polar surface area (TPSA) is 118 Å². The van der Waals surface area contributed by atoms with Crippen molar-refractivity contribution in [3.63, 3.8) is 0 Å². The van der Waals surface area contributed by atoms with E-state index in [1.165, 1.54) is 23.1 Å². The van der Waals surface area contributed by atoms with Crippen LogP contribution >= 0.6 is 23.1 Å². The average Bonchev–Trinajstić information content (AvgIpc) is 3.28. The smallest absolute Gasteiger partial charge is 0.328 e. The van der Waals surface area contributed by atoms with Gasteiger partial charge in [-0.2, -0.15) is 0 Å². The summed E-state index contributed by atoms with van der Waals surface area (Å²) >= 11 is 2.73. The minimum absolute atomic E-state index is 0.172. The van der Waals surface area contributed by atoms with Crippen molar-refractivity contribution < 1.29 is 24.2 Å². The number of thioether (sulfide) groups is 1. The lowest BCUT2D eigenvalue weighted by Gasteiger charge is -2.11. The Balaban J connectivity index is 1.53. The standard InChI is InChI=1S/C24H23N3O5S2/c1-3-32-18-8-4-16(5-9-18)20-14-33-24(26-20)27-23(31)15(2)34-19-10-6-17(7-11-19)25-21(28)12-13-22(29)30/h4-15H,3H2,1-2H3,(H,25,28)(H,29,30)(H,26,27,31)/b13-12+. The highest BCUT2D eigenvalue weighted by atomic mass is 32.2. The second kappa shape index (κ2) is 12.0. The molecule has 1 aromatic heterocycles. The first-order chi connectivity index (χ1) is 16.3. The zero-order valence-corrected chi connectivity index (χ0v) is 20.1. The Kier molecular flexibility index (Phi) is 8.83.